The van der Waals surface area contributed by atoms with Gasteiger partial charge in [-0.1, -0.05) is 17.7 Å². The Labute approximate surface area is 150 Å². The number of alkyl halides is 3. The Morgan fingerprint density at radius 3 is 2.64 bits per heavy atom. The quantitative estimate of drug-likeness (QED) is 0.704. The first-order chi connectivity index (χ1) is 11.7. The lowest BCUT2D eigenvalue weighted by atomic mass is 10.2. The molecule has 0 aromatic carbocycles. The maximum atomic E-state index is 12.8. The largest absolute Gasteiger partial charge is 0.421 e. The summed E-state index contributed by atoms with van der Waals surface area (Å²) in [6.45, 7) is 3.51. The number of rotatable bonds is 6. The van der Waals surface area contributed by atoms with Gasteiger partial charge >= 0.3 is 6.18 Å². The van der Waals surface area contributed by atoms with Crippen molar-refractivity contribution in [2.45, 2.75) is 19.3 Å². The zero-order valence-corrected chi connectivity index (χ0v) is 14.5. The minimum atomic E-state index is -4.77. The smallest absolute Gasteiger partial charge is 0.332 e. The average Bonchev–Trinajstić information content (AvgIpc) is 2.93. The van der Waals surface area contributed by atoms with Gasteiger partial charge in [-0.05, 0) is 24.3 Å². The van der Waals surface area contributed by atoms with Gasteiger partial charge in [-0.25, -0.2) is 0 Å². The molecule has 0 saturated carbocycles. The van der Waals surface area contributed by atoms with Crippen LogP contribution in [0.15, 0.2) is 47.9 Å². The van der Waals surface area contributed by atoms with Gasteiger partial charge in [0, 0.05) is 17.6 Å². The van der Waals surface area contributed by atoms with Crippen molar-refractivity contribution in [1.29, 1.82) is 0 Å². The van der Waals surface area contributed by atoms with Crippen LogP contribution in [0.5, 0.6) is 0 Å². The van der Waals surface area contributed by atoms with Gasteiger partial charge in [0.05, 0.1) is 10.9 Å². The van der Waals surface area contributed by atoms with E-state index in [0.717, 1.165) is 21.7 Å². The molecular weight excluding hydrogens is 377 g/mol. The fourth-order valence-corrected chi connectivity index (χ4v) is 3.26. The number of thiophene rings is 1. The fourth-order valence-electron chi connectivity index (χ4n) is 2.16. The molecule has 2 aromatic heterocycles. The van der Waals surface area contributed by atoms with Crippen LogP contribution in [0.4, 0.5) is 13.2 Å². The molecule has 9 heteroatoms. The van der Waals surface area contributed by atoms with Gasteiger partial charge in [0.15, 0.2) is 0 Å². The van der Waals surface area contributed by atoms with Gasteiger partial charge in [-0.15, -0.1) is 17.9 Å². The van der Waals surface area contributed by atoms with Crippen LogP contribution in [-0.4, -0.2) is 21.9 Å². The van der Waals surface area contributed by atoms with Gasteiger partial charge in [0.25, 0.3) is 5.56 Å². The lowest BCUT2D eigenvalue weighted by Gasteiger charge is -2.21. The van der Waals surface area contributed by atoms with E-state index >= 15 is 0 Å². The molecule has 0 bridgehead atoms. The monoisotopic (exact) mass is 390 g/mol. The Hall–Kier alpha value is -2.06. The second-order valence-electron chi connectivity index (χ2n) is 5.12. The van der Waals surface area contributed by atoms with Crippen LogP contribution < -0.4 is 5.56 Å². The summed E-state index contributed by atoms with van der Waals surface area (Å²) in [6.07, 6.45) is -2.11. The number of amides is 1. The summed E-state index contributed by atoms with van der Waals surface area (Å²) < 4.78 is 39.7. The number of carbonyl (C=O) groups is 1. The molecule has 25 heavy (non-hydrogen) atoms. The van der Waals surface area contributed by atoms with Crippen LogP contribution >= 0.6 is 22.9 Å². The third-order valence-corrected chi connectivity index (χ3v) is 4.52. The van der Waals surface area contributed by atoms with Crippen molar-refractivity contribution >= 4 is 28.8 Å². The number of pyridine rings is 1. The van der Waals surface area contributed by atoms with E-state index in [0.29, 0.717) is 10.4 Å². The van der Waals surface area contributed by atoms with E-state index in [2.05, 4.69) is 6.58 Å². The second-order valence-corrected chi connectivity index (χ2v) is 6.92. The van der Waals surface area contributed by atoms with Gasteiger partial charge in [-0.2, -0.15) is 13.2 Å². The fraction of sp³-hybridized carbons (Fsp3) is 0.250. The van der Waals surface area contributed by atoms with Gasteiger partial charge in [-0.3, -0.25) is 9.59 Å². The second kappa shape index (κ2) is 7.88. The summed E-state index contributed by atoms with van der Waals surface area (Å²) in [7, 11) is 0. The zero-order valence-electron chi connectivity index (χ0n) is 12.9. The van der Waals surface area contributed by atoms with Crippen molar-refractivity contribution in [2.75, 3.05) is 6.54 Å². The SMILES string of the molecule is C=CCN(Cc1ccc(Cl)s1)C(=O)Cn1cccc(C(F)(F)F)c1=O. The van der Waals surface area contributed by atoms with Crippen LogP contribution in [0.1, 0.15) is 10.4 Å². The molecule has 1 amide bonds. The highest BCUT2D eigenvalue weighted by Crippen LogP contribution is 2.26. The van der Waals surface area contributed by atoms with Crippen molar-refractivity contribution in [3.8, 4) is 0 Å². The topological polar surface area (TPSA) is 42.3 Å². The minimum absolute atomic E-state index is 0.196. The molecule has 0 spiro atoms. The molecule has 0 saturated heterocycles. The van der Waals surface area contributed by atoms with E-state index in [4.69, 9.17) is 11.6 Å². The van der Waals surface area contributed by atoms with Crippen LogP contribution in [0, 0.1) is 0 Å². The highest BCUT2D eigenvalue weighted by atomic mass is 35.5. The molecule has 2 aromatic rings. The summed E-state index contributed by atoms with van der Waals surface area (Å²) in [6, 6.07) is 5.23. The molecule has 2 heterocycles. The summed E-state index contributed by atoms with van der Waals surface area (Å²) >= 11 is 7.15. The zero-order chi connectivity index (χ0) is 18.6. The molecule has 0 radical (unpaired) electrons. The molecule has 0 atom stereocenters. The Bertz CT molecular complexity index is 829. The van der Waals surface area contributed by atoms with Crippen molar-refractivity contribution in [3.05, 3.63) is 68.2 Å². The van der Waals surface area contributed by atoms with E-state index in [1.54, 1.807) is 12.1 Å². The molecule has 0 aliphatic heterocycles. The molecular formula is C16H14ClF3N2O2S. The molecule has 0 fully saturated rings. The summed E-state index contributed by atoms with van der Waals surface area (Å²) in [5.74, 6) is -0.495. The average molecular weight is 391 g/mol. The first-order valence-corrected chi connectivity index (χ1v) is 8.31. The summed E-state index contributed by atoms with van der Waals surface area (Å²) in [5.41, 5.74) is -2.55. The predicted octanol–water partition coefficient (Wildman–Crippen LogP) is 3.80. The molecule has 0 aliphatic rings. The number of hydrogen-bond donors (Lipinski definition) is 0. The molecule has 134 valence electrons. The Morgan fingerprint density at radius 2 is 2.08 bits per heavy atom. The molecule has 2 rings (SSSR count). The summed E-state index contributed by atoms with van der Waals surface area (Å²) in [4.78, 5) is 26.6. The van der Waals surface area contributed by atoms with E-state index in [1.807, 2.05) is 0 Å². The van der Waals surface area contributed by atoms with Gasteiger partial charge < -0.3 is 9.47 Å². The minimum Gasteiger partial charge on any atom is -0.332 e. The van der Waals surface area contributed by atoms with Crippen LogP contribution in [-0.2, 0) is 24.1 Å². The summed E-state index contributed by atoms with van der Waals surface area (Å²) in [5, 5.41) is 0. The van der Waals surface area contributed by atoms with Crippen LogP contribution in [0.25, 0.3) is 0 Å². The number of nitrogens with zero attached hydrogens (tertiary/aromatic N) is 2. The van der Waals surface area contributed by atoms with Gasteiger partial charge in [0.1, 0.15) is 12.1 Å². The normalized spacial score (nSPS) is 11.4. The van der Waals surface area contributed by atoms with Crippen LogP contribution in [0.2, 0.25) is 4.34 Å². The first kappa shape index (κ1) is 19.3. The van der Waals surface area contributed by atoms with Crippen LogP contribution in [0.3, 0.4) is 0 Å². The lowest BCUT2D eigenvalue weighted by Crippen LogP contribution is -2.37. The van der Waals surface area contributed by atoms with E-state index in [-0.39, 0.29) is 13.1 Å². The Kier molecular flexibility index (Phi) is 6.07. The maximum Gasteiger partial charge on any atom is 0.421 e. The highest BCUT2D eigenvalue weighted by molar-refractivity contribution is 7.16. The van der Waals surface area contributed by atoms with E-state index < -0.39 is 29.8 Å². The number of halogens is 4. The molecule has 0 unspecified atom stereocenters. The Morgan fingerprint density at radius 1 is 1.36 bits per heavy atom. The third kappa shape index (κ3) is 4.96. The molecule has 0 N–H and O–H groups in total. The van der Waals surface area contributed by atoms with Crippen molar-refractivity contribution in [1.82, 2.24) is 9.47 Å². The molecule has 4 nitrogen and oxygen atoms in total. The number of hydrogen-bond acceptors (Lipinski definition) is 3. The lowest BCUT2D eigenvalue weighted by molar-refractivity contribution is -0.139. The molecule has 0 aliphatic carbocycles. The van der Waals surface area contributed by atoms with Crippen molar-refractivity contribution in [3.63, 3.8) is 0 Å². The van der Waals surface area contributed by atoms with Gasteiger partial charge in [0.2, 0.25) is 5.91 Å². The highest BCUT2D eigenvalue weighted by Gasteiger charge is 2.34. The maximum absolute atomic E-state index is 12.8. The number of aromatic nitrogens is 1. The van der Waals surface area contributed by atoms with E-state index in [1.165, 1.54) is 22.3 Å². The van der Waals surface area contributed by atoms with Crippen molar-refractivity contribution < 1.29 is 18.0 Å². The van der Waals surface area contributed by atoms with E-state index in [9.17, 15) is 22.8 Å². The standard InChI is InChI=1S/C16H14ClF3N2O2S/c1-2-7-21(9-11-5-6-13(17)25-11)14(23)10-22-8-3-4-12(15(22)24)16(18,19)20/h2-6,8H,1,7,9-10H2. The predicted molar refractivity (Wildman–Crippen MR) is 90.6 cm³/mol. The number of carbonyl (C=O) groups excluding carboxylic acids is 1. The van der Waals surface area contributed by atoms with Crippen molar-refractivity contribution in [2.24, 2.45) is 0 Å². The first-order valence-electron chi connectivity index (χ1n) is 7.12. The Balaban J connectivity index is 2.21. The third-order valence-electron chi connectivity index (χ3n) is 3.31.